The van der Waals surface area contributed by atoms with Crippen LogP contribution >= 0.6 is 0 Å². The van der Waals surface area contributed by atoms with Crippen LogP contribution in [-0.2, 0) is 0 Å². The fraction of sp³-hybridized carbons (Fsp3) is 0.538. The summed E-state index contributed by atoms with van der Waals surface area (Å²) in [5.41, 5.74) is 2.26. The van der Waals surface area contributed by atoms with Gasteiger partial charge in [-0.3, -0.25) is 0 Å². The number of halogens is 1. The summed E-state index contributed by atoms with van der Waals surface area (Å²) in [6, 6.07) is 5.41. The van der Waals surface area contributed by atoms with Crippen molar-refractivity contribution in [2.24, 2.45) is 0 Å². The van der Waals surface area contributed by atoms with Gasteiger partial charge in [0.1, 0.15) is 5.82 Å². The maximum absolute atomic E-state index is 13.0. The molecule has 0 aromatic heterocycles. The molecule has 1 aromatic carbocycles. The Balaban J connectivity index is 2.89. The van der Waals surface area contributed by atoms with E-state index in [9.17, 15) is 4.39 Å². The van der Waals surface area contributed by atoms with Gasteiger partial charge < -0.3 is 5.32 Å². The lowest BCUT2D eigenvalue weighted by Gasteiger charge is -2.19. The molecule has 1 atom stereocenters. The van der Waals surface area contributed by atoms with E-state index in [0.29, 0.717) is 6.04 Å². The molecule has 0 aliphatic carbocycles. The fourth-order valence-electron chi connectivity index (χ4n) is 1.93. The van der Waals surface area contributed by atoms with E-state index in [2.05, 4.69) is 19.2 Å². The van der Waals surface area contributed by atoms with Gasteiger partial charge in [-0.05, 0) is 43.1 Å². The largest absolute Gasteiger partial charge is 0.310 e. The Hall–Kier alpha value is -0.890. The SMILES string of the molecule is CCCC(NCC)c1ccc(F)cc1C. The van der Waals surface area contributed by atoms with E-state index in [0.717, 1.165) is 24.9 Å². The molecule has 15 heavy (non-hydrogen) atoms. The van der Waals surface area contributed by atoms with Crippen LogP contribution in [0.15, 0.2) is 18.2 Å². The number of rotatable bonds is 5. The third-order valence-electron chi connectivity index (χ3n) is 2.64. The first-order valence-electron chi connectivity index (χ1n) is 5.68. The Morgan fingerprint density at radius 3 is 2.60 bits per heavy atom. The van der Waals surface area contributed by atoms with Crippen LogP contribution in [0.2, 0.25) is 0 Å². The smallest absolute Gasteiger partial charge is 0.123 e. The van der Waals surface area contributed by atoms with Crippen molar-refractivity contribution in [1.29, 1.82) is 0 Å². The third kappa shape index (κ3) is 3.31. The molecule has 0 saturated heterocycles. The van der Waals surface area contributed by atoms with E-state index in [-0.39, 0.29) is 5.82 Å². The van der Waals surface area contributed by atoms with Crippen molar-refractivity contribution in [2.75, 3.05) is 6.54 Å². The molecule has 1 nitrogen and oxygen atoms in total. The predicted molar refractivity (Wildman–Crippen MR) is 62.5 cm³/mol. The molecule has 0 bridgehead atoms. The van der Waals surface area contributed by atoms with E-state index < -0.39 is 0 Å². The van der Waals surface area contributed by atoms with Gasteiger partial charge in [0.25, 0.3) is 0 Å². The van der Waals surface area contributed by atoms with Crippen molar-refractivity contribution < 1.29 is 4.39 Å². The third-order valence-corrected chi connectivity index (χ3v) is 2.64. The topological polar surface area (TPSA) is 12.0 Å². The maximum Gasteiger partial charge on any atom is 0.123 e. The van der Waals surface area contributed by atoms with Gasteiger partial charge in [-0.1, -0.05) is 26.3 Å². The lowest BCUT2D eigenvalue weighted by atomic mass is 9.97. The highest BCUT2D eigenvalue weighted by molar-refractivity contribution is 5.29. The van der Waals surface area contributed by atoms with Crippen molar-refractivity contribution in [3.05, 3.63) is 35.1 Å². The predicted octanol–water partition coefficient (Wildman–Crippen LogP) is 3.58. The Morgan fingerprint density at radius 1 is 1.33 bits per heavy atom. The van der Waals surface area contributed by atoms with Gasteiger partial charge in [0.05, 0.1) is 0 Å². The summed E-state index contributed by atoms with van der Waals surface area (Å²) in [4.78, 5) is 0. The summed E-state index contributed by atoms with van der Waals surface area (Å²) in [5.74, 6) is -0.150. The second kappa shape index (κ2) is 5.86. The highest BCUT2D eigenvalue weighted by atomic mass is 19.1. The van der Waals surface area contributed by atoms with Gasteiger partial charge in [-0.25, -0.2) is 4.39 Å². The summed E-state index contributed by atoms with van der Waals surface area (Å²) < 4.78 is 13.0. The van der Waals surface area contributed by atoms with E-state index in [1.165, 1.54) is 5.56 Å². The van der Waals surface area contributed by atoms with Crippen molar-refractivity contribution >= 4 is 0 Å². The maximum atomic E-state index is 13.0. The lowest BCUT2D eigenvalue weighted by Crippen LogP contribution is -2.21. The number of benzene rings is 1. The van der Waals surface area contributed by atoms with Gasteiger partial charge in [0, 0.05) is 6.04 Å². The van der Waals surface area contributed by atoms with Gasteiger partial charge in [0.2, 0.25) is 0 Å². The molecule has 0 spiro atoms. The van der Waals surface area contributed by atoms with Crippen LogP contribution in [0.1, 0.15) is 43.9 Å². The molecule has 84 valence electrons. The molecule has 1 aromatic rings. The molecule has 0 amide bonds. The monoisotopic (exact) mass is 209 g/mol. The zero-order valence-corrected chi connectivity index (χ0v) is 9.81. The van der Waals surface area contributed by atoms with Crippen LogP contribution in [-0.4, -0.2) is 6.54 Å². The summed E-state index contributed by atoms with van der Waals surface area (Å²) >= 11 is 0. The zero-order valence-electron chi connectivity index (χ0n) is 9.81. The van der Waals surface area contributed by atoms with Crippen LogP contribution in [0.5, 0.6) is 0 Å². The second-order valence-electron chi connectivity index (χ2n) is 3.90. The van der Waals surface area contributed by atoms with Crippen LogP contribution in [0.3, 0.4) is 0 Å². The molecule has 2 heteroatoms. The molecule has 0 radical (unpaired) electrons. The van der Waals surface area contributed by atoms with Crippen LogP contribution < -0.4 is 5.32 Å². The van der Waals surface area contributed by atoms with E-state index in [1.54, 1.807) is 12.1 Å². The first-order valence-corrected chi connectivity index (χ1v) is 5.68. The number of aryl methyl sites for hydroxylation is 1. The van der Waals surface area contributed by atoms with E-state index >= 15 is 0 Å². The Kier molecular flexibility index (Phi) is 4.76. The average Bonchev–Trinajstić information content (AvgIpc) is 2.17. The second-order valence-corrected chi connectivity index (χ2v) is 3.90. The highest BCUT2D eigenvalue weighted by Gasteiger charge is 2.11. The van der Waals surface area contributed by atoms with E-state index in [4.69, 9.17) is 0 Å². The van der Waals surface area contributed by atoms with Gasteiger partial charge >= 0.3 is 0 Å². The zero-order chi connectivity index (χ0) is 11.3. The molecule has 1 unspecified atom stereocenters. The molecule has 1 rings (SSSR count). The molecular formula is C13H20FN. The van der Waals surface area contributed by atoms with Gasteiger partial charge in [-0.15, -0.1) is 0 Å². The standard InChI is InChI=1S/C13H20FN/c1-4-6-13(15-5-2)12-8-7-11(14)9-10(12)3/h7-9,13,15H,4-6H2,1-3H3. The first-order chi connectivity index (χ1) is 7.19. The first kappa shape index (κ1) is 12.2. The van der Waals surface area contributed by atoms with Crippen molar-refractivity contribution in [2.45, 2.75) is 39.7 Å². The van der Waals surface area contributed by atoms with Crippen LogP contribution in [0, 0.1) is 12.7 Å². The minimum absolute atomic E-state index is 0.150. The summed E-state index contributed by atoms with van der Waals surface area (Å²) in [7, 11) is 0. The normalized spacial score (nSPS) is 12.8. The van der Waals surface area contributed by atoms with E-state index in [1.807, 2.05) is 13.0 Å². The molecular weight excluding hydrogens is 189 g/mol. The molecule has 0 fully saturated rings. The Bertz CT molecular complexity index is 303. The fourth-order valence-corrected chi connectivity index (χ4v) is 1.93. The summed E-state index contributed by atoms with van der Waals surface area (Å²) in [6.45, 7) is 7.19. The van der Waals surface area contributed by atoms with Crippen LogP contribution in [0.25, 0.3) is 0 Å². The number of hydrogen-bond acceptors (Lipinski definition) is 1. The number of hydrogen-bond donors (Lipinski definition) is 1. The molecule has 0 aliphatic heterocycles. The molecule has 0 saturated carbocycles. The minimum atomic E-state index is -0.150. The molecule has 0 heterocycles. The Morgan fingerprint density at radius 2 is 2.07 bits per heavy atom. The summed E-state index contributed by atoms with van der Waals surface area (Å²) in [6.07, 6.45) is 2.23. The van der Waals surface area contributed by atoms with Gasteiger partial charge in [-0.2, -0.15) is 0 Å². The van der Waals surface area contributed by atoms with Crippen LogP contribution in [0.4, 0.5) is 4.39 Å². The lowest BCUT2D eigenvalue weighted by molar-refractivity contribution is 0.505. The van der Waals surface area contributed by atoms with Crippen molar-refractivity contribution in [3.63, 3.8) is 0 Å². The van der Waals surface area contributed by atoms with Crippen molar-refractivity contribution in [1.82, 2.24) is 5.32 Å². The minimum Gasteiger partial charge on any atom is -0.310 e. The molecule has 0 aliphatic rings. The average molecular weight is 209 g/mol. The van der Waals surface area contributed by atoms with Gasteiger partial charge in [0.15, 0.2) is 0 Å². The Labute approximate surface area is 91.7 Å². The highest BCUT2D eigenvalue weighted by Crippen LogP contribution is 2.22. The quantitative estimate of drug-likeness (QED) is 0.781. The molecule has 1 N–H and O–H groups in total. The summed E-state index contributed by atoms with van der Waals surface area (Å²) in [5, 5.41) is 3.44. The van der Waals surface area contributed by atoms with Crippen molar-refractivity contribution in [3.8, 4) is 0 Å². The number of nitrogens with one attached hydrogen (secondary N) is 1.